The van der Waals surface area contributed by atoms with E-state index in [0.717, 1.165) is 14.8 Å². The average molecular weight is 321 g/mol. The molecule has 2 rings (SSSR count). The molecule has 0 aliphatic rings. The smallest absolute Gasteiger partial charge is 0.254 e. The summed E-state index contributed by atoms with van der Waals surface area (Å²) in [5, 5.41) is 0. The Labute approximate surface area is 133 Å². The van der Waals surface area contributed by atoms with E-state index in [1.807, 2.05) is 31.2 Å². The number of carbonyl (C=O) groups is 1. The van der Waals surface area contributed by atoms with Crippen LogP contribution in [0.1, 0.15) is 20.8 Å². The Kier molecular flexibility index (Phi) is 5.04. The number of nitrogens with two attached hydrogens (primary N) is 1. The lowest BCUT2D eigenvalue weighted by Gasteiger charge is -2.21. The van der Waals surface area contributed by atoms with Crippen LogP contribution in [0.3, 0.4) is 0 Å². The maximum Gasteiger partial charge on any atom is 0.254 e. The van der Waals surface area contributed by atoms with Gasteiger partial charge in [-0.15, -0.1) is 17.9 Å². The van der Waals surface area contributed by atoms with Crippen LogP contribution in [0.15, 0.2) is 43.0 Å². The van der Waals surface area contributed by atoms with E-state index < -0.39 is 0 Å². The van der Waals surface area contributed by atoms with E-state index in [0.29, 0.717) is 24.3 Å². The third-order valence-corrected chi connectivity index (χ3v) is 4.17. The van der Waals surface area contributed by atoms with Crippen LogP contribution in [0.4, 0.5) is 5.69 Å². The molecule has 3 nitrogen and oxygen atoms in total. The number of benzene rings is 1. The number of halogens is 1. The normalized spacial score (nSPS) is 10.4. The summed E-state index contributed by atoms with van der Waals surface area (Å²) >= 11 is 7.41. The van der Waals surface area contributed by atoms with Crippen molar-refractivity contribution < 1.29 is 4.79 Å². The summed E-state index contributed by atoms with van der Waals surface area (Å²) < 4.78 is 0.718. The van der Waals surface area contributed by atoms with Crippen LogP contribution in [0.25, 0.3) is 0 Å². The lowest BCUT2D eigenvalue weighted by Crippen LogP contribution is -2.30. The van der Waals surface area contributed by atoms with Gasteiger partial charge in [-0.1, -0.05) is 17.7 Å². The maximum atomic E-state index is 12.6. The van der Waals surface area contributed by atoms with Crippen molar-refractivity contribution in [1.29, 1.82) is 0 Å². The van der Waals surface area contributed by atoms with Gasteiger partial charge in [0.1, 0.15) is 0 Å². The second-order valence-corrected chi connectivity index (χ2v) is 6.61. The first-order valence-electron chi connectivity index (χ1n) is 6.51. The molecule has 5 heteroatoms. The summed E-state index contributed by atoms with van der Waals surface area (Å²) in [7, 11) is 0. The largest absolute Gasteiger partial charge is 0.399 e. The number of rotatable bonds is 5. The monoisotopic (exact) mass is 320 g/mol. The average Bonchev–Trinajstić information content (AvgIpc) is 2.82. The molecule has 0 fully saturated rings. The zero-order valence-corrected chi connectivity index (χ0v) is 13.4. The van der Waals surface area contributed by atoms with Crippen LogP contribution in [0.5, 0.6) is 0 Å². The molecule has 1 aromatic heterocycles. The van der Waals surface area contributed by atoms with Gasteiger partial charge in [0.15, 0.2) is 0 Å². The van der Waals surface area contributed by atoms with Crippen molar-refractivity contribution in [3.05, 3.63) is 63.3 Å². The van der Waals surface area contributed by atoms with Crippen LogP contribution in [-0.2, 0) is 6.54 Å². The summed E-state index contributed by atoms with van der Waals surface area (Å²) in [6, 6.07) is 9.15. The minimum Gasteiger partial charge on any atom is -0.399 e. The highest BCUT2D eigenvalue weighted by molar-refractivity contribution is 7.16. The van der Waals surface area contributed by atoms with Crippen molar-refractivity contribution in [2.45, 2.75) is 13.5 Å². The molecule has 1 amide bonds. The highest BCUT2D eigenvalue weighted by Crippen LogP contribution is 2.23. The fraction of sp³-hybridized carbons (Fsp3) is 0.188. The number of hydrogen-bond donors (Lipinski definition) is 1. The first-order chi connectivity index (χ1) is 9.99. The van der Waals surface area contributed by atoms with Gasteiger partial charge in [-0.3, -0.25) is 4.79 Å². The van der Waals surface area contributed by atoms with Crippen LogP contribution < -0.4 is 5.73 Å². The lowest BCUT2D eigenvalue weighted by molar-refractivity contribution is 0.0764. The predicted octanol–water partition coefficient (Wildman–Crippen LogP) is 4.12. The molecule has 0 bridgehead atoms. The van der Waals surface area contributed by atoms with Crippen molar-refractivity contribution in [3.63, 3.8) is 0 Å². The van der Waals surface area contributed by atoms with Gasteiger partial charge in [-0.25, -0.2) is 0 Å². The van der Waals surface area contributed by atoms with E-state index in [4.69, 9.17) is 17.3 Å². The molecular weight excluding hydrogens is 304 g/mol. The van der Waals surface area contributed by atoms with E-state index in [-0.39, 0.29) is 5.91 Å². The topological polar surface area (TPSA) is 46.3 Å². The number of amides is 1. The Bertz CT molecular complexity index is 646. The predicted molar refractivity (Wildman–Crippen MR) is 89.9 cm³/mol. The van der Waals surface area contributed by atoms with Gasteiger partial charge in [0.25, 0.3) is 5.91 Å². The van der Waals surface area contributed by atoms with Gasteiger partial charge in [0.05, 0.1) is 10.9 Å². The van der Waals surface area contributed by atoms with Crippen molar-refractivity contribution in [2.75, 3.05) is 12.3 Å². The number of nitrogen functional groups attached to an aromatic ring is 1. The summed E-state index contributed by atoms with van der Waals surface area (Å²) in [5.74, 6) is -0.0603. The van der Waals surface area contributed by atoms with Gasteiger partial charge < -0.3 is 10.6 Å². The number of hydrogen-bond acceptors (Lipinski definition) is 3. The summed E-state index contributed by atoms with van der Waals surface area (Å²) in [6.07, 6.45) is 1.71. The molecular formula is C16H17ClN2OS. The third-order valence-electron chi connectivity index (χ3n) is 2.96. The van der Waals surface area contributed by atoms with Crippen molar-refractivity contribution in [2.24, 2.45) is 0 Å². The lowest BCUT2D eigenvalue weighted by atomic mass is 10.1. The quantitative estimate of drug-likeness (QED) is 0.665. The highest BCUT2D eigenvalue weighted by Gasteiger charge is 2.16. The van der Waals surface area contributed by atoms with E-state index in [1.165, 1.54) is 11.3 Å². The second-order valence-electron chi connectivity index (χ2n) is 4.81. The van der Waals surface area contributed by atoms with E-state index in [2.05, 4.69) is 6.58 Å². The molecule has 0 aliphatic heterocycles. The van der Waals surface area contributed by atoms with Gasteiger partial charge in [0, 0.05) is 22.7 Å². The molecule has 0 aliphatic carbocycles. The van der Waals surface area contributed by atoms with Crippen molar-refractivity contribution in [1.82, 2.24) is 4.90 Å². The molecule has 0 atom stereocenters. The number of thiophene rings is 1. The van der Waals surface area contributed by atoms with Gasteiger partial charge >= 0.3 is 0 Å². The Balaban J connectivity index is 2.24. The first-order valence-corrected chi connectivity index (χ1v) is 7.70. The zero-order valence-electron chi connectivity index (χ0n) is 11.8. The van der Waals surface area contributed by atoms with Gasteiger partial charge in [-0.2, -0.15) is 0 Å². The summed E-state index contributed by atoms with van der Waals surface area (Å²) in [6.45, 7) is 6.62. The molecule has 2 N–H and O–H groups in total. The fourth-order valence-electron chi connectivity index (χ4n) is 2.12. The Morgan fingerprint density at radius 2 is 2.19 bits per heavy atom. The summed E-state index contributed by atoms with van der Waals surface area (Å²) in [4.78, 5) is 15.4. The number of carbonyl (C=O) groups excluding carboxylic acids is 1. The molecule has 0 spiro atoms. The van der Waals surface area contributed by atoms with Crippen LogP contribution in [0, 0.1) is 6.92 Å². The van der Waals surface area contributed by atoms with E-state index in [9.17, 15) is 4.79 Å². The molecule has 0 saturated heterocycles. The number of aryl methyl sites for hydroxylation is 1. The van der Waals surface area contributed by atoms with E-state index in [1.54, 1.807) is 17.0 Å². The Morgan fingerprint density at radius 1 is 1.43 bits per heavy atom. The molecule has 110 valence electrons. The fourth-order valence-corrected chi connectivity index (χ4v) is 3.22. The van der Waals surface area contributed by atoms with E-state index >= 15 is 0 Å². The Morgan fingerprint density at radius 3 is 2.76 bits per heavy atom. The Hall–Kier alpha value is -1.78. The van der Waals surface area contributed by atoms with Crippen molar-refractivity contribution in [3.8, 4) is 0 Å². The van der Waals surface area contributed by atoms with Crippen LogP contribution in [0.2, 0.25) is 4.34 Å². The molecule has 21 heavy (non-hydrogen) atoms. The van der Waals surface area contributed by atoms with Crippen molar-refractivity contribution >= 4 is 34.5 Å². The van der Waals surface area contributed by atoms with Crippen LogP contribution >= 0.6 is 22.9 Å². The molecule has 0 radical (unpaired) electrons. The maximum absolute atomic E-state index is 12.6. The van der Waals surface area contributed by atoms with Gasteiger partial charge in [0.2, 0.25) is 0 Å². The first kappa shape index (κ1) is 15.6. The summed E-state index contributed by atoms with van der Waals surface area (Å²) in [5.41, 5.74) is 7.98. The van der Waals surface area contributed by atoms with Gasteiger partial charge in [-0.05, 0) is 42.8 Å². The minimum atomic E-state index is -0.0603. The molecule has 1 heterocycles. The molecule has 0 unspecified atom stereocenters. The molecule has 1 aromatic carbocycles. The molecule has 0 saturated carbocycles. The SMILES string of the molecule is C=CCN(Cc1ccc(Cl)s1)C(=O)c1cc(C)cc(N)c1. The highest BCUT2D eigenvalue weighted by atomic mass is 35.5. The second kappa shape index (κ2) is 6.78. The standard InChI is InChI=1S/C16H17ClN2OS/c1-3-6-19(10-14-4-5-15(17)21-14)16(20)12-7-11(2)8-13(18)9-12/h3-5,7-9H,1,6,10,18H2,2H3. The number of anilines is 1. The zero-order chi connectivity index (χ0) is 15.4. The number of nitrogens with zero attached hydrogens (tertiary/aromatic N) is 1. The van der Waals surface area contributed by atoms with Crippen LogP contribution in [-0.4, -0.2) is 17.4 Å². The minimum absolute atomic E-state index is 0.0603. The third kappa shape index (κ3) is 4.09. The molecule has 2 aromatic rings.